The van der Waals surface area contributed by atoms with Crippen molar-refractivity contribution in [2.24, 2.45) is 0 Å². The zero-order valence-electron chi connectivity index (χ0n) is 14.6. The van der Waals surface area contributed by atoms with Crippen LogP contribution in [0.15, 0.2) is 0 Å². The summed E-state index contributed by atoms with van der Waals surface area (Å²) in [6.07, 6.45) is 4.82. The van der Waals surface area contributed by atoms with Crippen molar-refractivity contribution in [3.63, 3.8) is 0 Å². The van der Waals surface area contributed by atoms with E-state index in [9.17, 15) is 13.6 Å². The quantitative estimate of drug-likeness (QED) is 0.822. The van der Waals surface area contributed by atoms with Crippen molar-refractivity contribution in [2.75, 3.05) is 32.0 Å². The number of anilines is 1. The van der Waals surface area contributed by atoms with Gasteiger partial charge in [0.15, 0.2) is 5.13 Å². The van der Waals surface area contributed by atoms with E-state index in [1.807, 2.05) is 0 Å². The van der Waals surface area contributed by atoms with E-state index in [0.29, 0.717) is 18.2 Å². The molecule has 5 nitrogen and oxygen atoms in total. The zero-order valence-corrected chi connectivity index (χ0v) is 15.5. The molecule has 0 atom stereocenters. The van der Waals surface area contributed by atoms with Crippen LogP contribution in [0.2, 0.25) is 0 Å². The lowest BCUT2D eigenvalue weighted by Crippen LogP contribution is -2.47. The minimum Gasteiger partial charge on any atom is -0.324 e. The van der Waals surface area contributed by atoms with E-state index in [-0.39, 0.29) is 18.6 Å². The highest BCUT2D eigenvalue weighted by Crippen LogP contribution is 2.29. The number of piperidine rings is 1. The molecule has 2 amide bonds. The first kappa shape index (κ1) is 18.5. The van der Waals surface area contributed by atoms with E-state index in [1.165, 1.54) is 24.1 Å². The van der Waals surface area contributed by atoms with Gasteiger partial charge in [0.05, 0.1) is 12.2 Å². The Kier molecular flexibility index (Phi) is 6.22. The van der Waals surface area contributed by atoms with Crippen molar-refractivity contribution in [1.29, 1.82) is 0 Å². The second-order valence-electron chi connectivity index (χ2n) is 6.93. The highest BCUT2D eigenvalue weighted by atomic mass is 32.1. The van der Waals surface area contributed by atoms with E-state index in [4.69, 9.17) is 0 Å². The van der Waals surface area contributed by atoms with Gasteiger partial charge < -0.3 is 4.90 Å². The number of amides is 2. The number of likely N-dealkylation sites (tertiary alicyclic amines) is 1. The molecule has 1 saturated heterocycles. The molecule has 1 aliphatic carbocycles. The van der Waals surface area contributed by atoms with Gasteiger partial charge in [0, 0.05) is 24.0 Å². The number of nitrogens with zero attached hydrogens (tertiary/aromatic N) is 3. The van der Waals surface area contributed by atoms with Crippen molar-refractivity contribution in [3.8, 4) is 0 Å². The van der Waals surface area contributed by atoms with Crippen molar-refractivity contribution in [3.05, 3.63) is 10.6 Å². The number of carbonyl (C=O) groups is 1. The minimum atomic E-state index is -2.31. The van der Waals surface area contributed by atoms with E-state index < -0.39 is 6.43 Å². The maximum Gasteiger partial charge on any atom is 0.323 e. The third-order valence-corrected chi connectivity index (χ3v) is 6.18. The molecule has 1 aliphatic heterocycles. The Labute approximate surface area is 151 Å². The molecule has 0 aromatic carbocycles. The van der Waals surface area contributed by atoms with Gasteiger partial charge in [0.25, 0.3) is 6.43 Å². The molecule has 2 heterocycles. The average Bonchev–Trinajstić information content (AvgIpc) is 2.82. The fraction of sp³-hybridized carbons (Fsp3) is 0.765. The number of aromatic nitrogens is 1. The summed E-state index contributed by atoms with van der Waals surface area (Å²) in [5, 5.41) is 3.62. The molecule has 140 valence electrons. The van der Waals surface area contributed by atoms with E-state index >= 15 is 0 Å². The van der Waals surface area contributed by atoms with Crippen LogP contribution < -0.4 is 5.32 Å². The summed E-state index contributed by atoms with van der Waals surface area (Å²) in [4.78, 5) is 21.8. The summed E-state index contributed by atoms with van der Waals surface area (Å²) in [5.74, 6) is 0. The number of rotatable bonds is 4. The van der Waals surface area contributed by atoms with E-state index in [2.05, 4.69) is 10.3 Å². The molecule has 1 aromatic rings. The van der Waals surface area contributed by atoms with Crippen LogP contribution in [0.1, 0.15) is 42.7 Å². The van der Waals surface area contributed by atoms with Crippen LogP contribution in [0, 0.1) is 0 Å². The third-order valence-electron chi connectivity index (χ3n) is 5.11. The van der Waals surface area contributed by atoms with Gasteiger partial charge in [-0.05, 0) is 45.6 Å². The highest BCUT2D eigenvalue weighted by molar-refractivity contribution is 7.15. The lowest BCUT2D eigenvalue weighted by Gasteiger charge is -2.36. The Morgan fingerprint density at radius 2 is 2.04 bits per heavy atom. The summed E-state index contributed by atoms with van der Waals surface area (Å²) < 4.78 is 25.0. The average molecular weight is 372 g/mol. The minimum absolute atomic E-state index is 0.119. The van der Waals surface area contributed by atoms with Gasteiger partial charge in [0.2, 0.25) is 0 Å². The van der Waals surface area contributed by atoms with Crippen LogP contribution >= 0.6 is 11.3 Å². The number of aryl methyl sites for hydroxylation is 2. The van der Waals surface area contributed by atoms with Crippen LogP contribution in [-0.2, 0) is 12.8 Å². The first-order valence-corrected chi connectivity index (χ1v) is 9.87. The van der Waals surface area contributed by atoms with Gasteiger partial charge in [-0.15, -0.1) is 11.3 Å². The van der Waals surface area contributed by atoms with Gasteiger partial charge in [-0.1, -0.05) is 6.42 Å². The maximum atomic E-state index is 12.5. The van der Waals surface area contributed by atoms with E-state index in [1.54, 1.807) is 28.2 Å². The first-order valence-electron chi connectivity index (χ1n) is 9.06. The normalized spacial score (nSPS) is 19.2. The molecule has 0 unspecified atom stereocenters. The summed E-state index contributed by atoms with van der Waals surface area (Å²) >= 11 is 1.59. The molecule has 25 heavy (non-hydrogen) atoms. The molecule has 8 heteroatoms. The second-order valence-corrected chi connectivity index (χ2v) is 8.01. The lowest BCUT2D eigenvalue weighted by molar-refractivity contribution is 0.0628. The van der Waals surface area contributed by atoms with Crippen molar-refractivity contribution in [1.82, 2.24) is 14.8 Å². The molecular formula is C17H26F2N4OS. The van der Waals surface area contributed by atoms with Crippen LogP contribution in [-0.4, -0.2) is 60.0 Å². The van der Waals surface area contributed by atoms with Crippen LogP contribution in [0.25, 0.3) is 0 Å². The molecular weight excluding hydrogens is 346 g/mol. The predicted molar refractivity (Wildman–Crippen MR) is 95.6 cm³/mol. The third kappa shape index (κ3) is 4.88. The van der Waals surface area contributed by atoms with Crippen molar-refractivity contribution < 1.29 is 13.6 Å². The topological polar surface area (TPSA) is 48.5 Å². The van der Waals surface area contributed by atoms with Crippen molar-refractivity contribution in [2.45, 2.75) is 57.4 Å². The number of hydrogen-bond acceptors (Lipinski definition) is 4. The monoisotopic (exact) mass is 372 g/mol. The van der Waals surface area contributed by atoms with Gasteiger partial charge in [-0.3, -0.25) is 10.2 Å². The summed E-state index contributed by atoms with van der Waals surface area (Å²) in [5.41, 5.74) is 1.14. The predicted octanol–water partition coefficient (Wildman–Crippen LogP) is 3.61. The molecule has 2 aliphatic rings. The Morgan fingerprint density at radius 1 is 1.32 bits per heavy atom. The number of fused-ring (bicyclic) bond motifs is 1. The second kappa shape index (κ2) is 8.40. The molecule has 3 rings (SSSR count). The van der Waals surface area contributed by atoms with Gasteiger partial charge in [-0.2, -0.15) is 0 Å². The molecule has 0 saturated carbocycles. The number of urea groups is 1. The SMILES string of the molecule is CN(CC(F)F)C1CCN(C(=O)Nc2nc3c(s2)CCCCC3)CC1. The van der Waals surface area contributed by atoms with Gasteiger partial charge in [0.1, 0.15) is 0 Å². The smallest absolute Gasteiger partial charge is 0.323 e. The van der Waals surface area contributed by atoms with Crippen LogP contribution in [0.5, 0.6) is 0 Å². The maximum absolute atomic E-state index is 12.5. The van der Waals surface area contributed by atoms with E-state index in [0.717, 1.165) is 31.4 Å². The first-order chi connectivity index (χ1) is 12.0. The molecule has 0 bridgehead atoms. The highest BCUT2D eigenvalue weighted by Gasteiger charge is 2.27. The van der Waals surface area contributed by atoms with Gasteiger partial charge >= 0.3 is 6.03 Å². The van der Waals surface area contributed by atoms with Crippen molar-refractivity contribution >= 4 is 22.5 Å². The zero-order chi connectivity index (χ0) is 17.8. The number of alkyl halides is 2. The lowest BCUT2D eigenvalue weighted by atomic mass is 10.0. The Morgan fingerprint density at radius 3 is 2.76 bits per heavy atom. The summed E-state index contributed by atoms with van der Waals surface area (Å²) in [6, 6.07) is -0.00662. The number of thiazole rings is 1. The van der Waals surface area contributed by atoms with Crippen LogP contribution in [0.4, 0.5) is 18.7 Å². The Hall–Kier alpha value is -1.28. The van der Waals surface area contributed by atoms with Crippen LogP contribution in [0.3, 0.4) is 0 Å². The summed E-state index contributed by atoms with van der Waals surface area (Å²) in [7, 11) is 1.73. The van der Waals surface area contributed by atoms with Gasteiger partial charge in [-0.25, -0.2) is 18.6 Å². The summed E-state index contributed by atoms with van der Waals surface area (Å²) in [6.45, 7) is 0.978. The fourth-order valence-corrected chi connectivity index (χ4v) is 4.67. The molecule has 0 radical (unpaired) electrons. The number of nitrogens with one attached hydrogen (secondary N) is 1. The Bertz CT molecular complexity index is 564. The number of halogens is 2. The standard InChI is InChI=1S/C17H26F2N4OS/c1-22(11-15(18)19)12-7-9-23(10-8-12)17(24)21-16-20-13-5-3-2-4-6-14(13)25-16/h12,15H,2-11H2,1H3,(H,20,21,24). The molecule has 1 aromatic heterocycles. The number of carbonyl (C=O) groups excluding carboxylic acids is 1. The largest absolute Gasteiger partial charge is 0.324 e. The molecule has 1 fully saturated rings. The molecule has 1 N–H and O–H groups in total. The number of hydrogen-bond donors (Lipinski definition) is 1. The Balaban J connectivity index is 1.50. The fourth-order valence-electron chi connectivity index (χ4n) is 3.63. The molecule has 0 spiro atoms.